The molecule has 6 nitrogen and oxygen atoms in total. The molecule has 2 N–H and O–H groups in total. The van der Waals surface area contributed by atoms with Crippen LogP contribution in [0.15, 0.2) is 0 Å². The van der Waals surface area contributed by atoms with E-state index >= 15 is 0 Å². The number of carboxylic acid groups (broad SMARTS) is 1. The quantitative estimate of drug-likeness (QED) is 0.756. The van der Waals surface area contributed by atoms with Gasteiger partial charge in [0.05, 0.1) is 5.60 Å². The molecule has 1 aliphatic carbocycles. The first kappa shape index (κ1) is 14.1. The second-order valence-electron chi connectivity index (χ2n) is 5.78. The third-order valence-corrected chi connectivity index (χ3v) is 3.70. The number of carbonyl (C=O) groups excluding carboxylic acids is 1. The van der Waals surface area contributed by atoms with E-state index in [1.165, 1.54) is 4.90 Å². The SMILES string of the molecule is CC1(CNC(=O)N(CC(=O)O)CC2CC2)CCCO1. The van der Waals surface area contributed by atoms with Crippen LogP contribution in [0.25, 0.3) is 0 Å². The van der Waals surface area contributed by atoms with Gasteiger partial charge in [0.1, 0.15) is 6.54 Å². The maximum absolute atomic E-state index is 12.0. The first-order chi connectivity index (χ1) is 8.98. The van der Waals surface area contributed by atoms with Crippen molar-refractivity contribution in [3.05, 3.63) is 0 Å². The van der Waals surface area contributed by atoms with Crippen molar-refractivity contribution in [1.29, 1.82) is 0 Å². The Balaban J connectivity index is 1.81. The highest BCUT2D eigenvalue weighted by molar-refractivity contribution is 5.80. The maximum atomic E-state index is 12.0. The number of rotatable bonds is 6. The van der Waals surface area contributed by atoms with E-state index in [4.69, 9.17) is 9.84 Å². The van der Waals surface area contributed by atoms with Gasteiger partial charge >= 0.3 is 12.0 Å². The van der Waals surface area contributed by atoms with Crippen LogP contribution < -0.4 is 5.32 Å². The molecule has 2 amide bonds. The fourth-order valence-electron chi connectivity index (χ4n) is 2.35. The Morgan fingerprint density at radius 3 is 2.74 bits per heavy atom. The molecule has 0 aromatic heterocycles. The number of aliphatic carboxylic acids is 1. The van der Waals surface area contributed by atoms with E-state index in [1.54, 1.807) is 0 Å². The summed E-state index contributed by atoms with van der Waals surface area (Å²) in [7, 11) is 0. The van der Waals surface area contributed by atoms with Crippen molar-refractivity contribution in [2.24, 2.45) is 5.92 Å². The minimum atomic E-state index is -0.973. The van der Waals surface area contributed by atoms with E-state index in [9.17, 15) is 9.59 Å². The van der Waals surface area contributed by atoms with Crippen LogP contribution in [-0.2, 0) is 9.53 Å². The Hall–Kier alpha value is -1.30. The number of carbonyl (C=O) groups is 2. The van der Waals surface area contributed by atoms with Gasteiger partial charge in [-0.3, -0.25) is 4.79 Å². The lowest BCUT2D eigenvalue weighted by Crippen LogP contribution is -2.48. The Kier molecular flexibility index (Phi) is 4.29. The Morgan fingerprint density at radius 1 is 1.47 bits per heavy atom. The Morgan fingerprint density at radius 2 is 2.21 bits per heavy atom. The molecule has 19 heavy (non-hydrogen) atoms. The summed E-state index contributed by atoms with van der Waals surface area (Å²) in [5, 5.41) is 11.7. The van der Waals surface area contributed by atoms with E-state index in [0.717, 1.165) is 32.3 Å². The molecule has 6 heteroatoms. The topological polar surface area (TPSA) is 78.9 Å². The molecule has 1 atom stereocenters. The maximum Gasteiger partial charge on any atom is 0.323 e. The lowest BCUT2D eigenvalue weighted by atomic mass is 10.0. The summed E-state index contributed by atoms with van der Waals surface area (Å²) < 4.78 is 5.60. The number of amides is 2. The third-order valence-electron chi connectivity index (χ3n) is 3.70. The molecule has 0 radical (unpaired) electrons. The average Bonchev–Trinajstić information content (AvgIpc) is 3.05. The van der Waals surface area contributed by atoms with Crippen molar-refractivity contribution in [2.45, 2.75) is 38.2 Å². The molecular formula is C13H22N2O4. The fraction of sp³-hybridized carbons (Fsp3) is 0.846. The smallest absolute Gasteiger partial charge is 0.323 e. The molecule has 0 bridgehead atoms. The van der Waals surface area contributed by atoms with Gasteiger partial charge in [-0.15, -0.1) is 0 Å². The summed E-state index contributed by atoms with van der Waals surface area (Å²) in [6.45, 7) is 3.44. The van der Waals surface area contributed by atoms with E-state index < -0.39 is 5.97 Å². The standard InChI is InChI=1S/C13H22N2O4/c1-13(5-2-6-19-13)9-14-12(18)15(8-11(16)17)7-10-3-4-10/h10H,2-9H2,1H3,(H,14,18)(H,16,17). The summed E-state index contributed by atoms with van der Waals surface area (Å²) >= 11 is 0. The normalized spacial score (nSPS) is 26.2. The first-order valence-electron chi connectivity index (χ1n) is 6.87. The van der Waals surface area contributed by atoms with Crippen molar-refractivity contribution in [1.82, 2.24) is 10.2 Å². The summed E-state index contributed by atoms with van der Waals surface area (Å²) in [4.78, 5) is 24.2. The predicted molar refractivity (Wildman–Crippen MR) is 68.9 cm³/mol. The van der Waals surface area contributed by atoms with Crippen LogP contribution in [0.1, 0.15) is 32.6 Å². The zero-order valence-electron chi connectivity index (χ0n) is 11.4. The fourth-order valence-corrected chi connectivity index (χ4v) is 2.35. The van der Waals surface area contributed by atoms with Crippen LogP contribution in [0, 0.1) is 5.92 Å². The van der Waals surface area contributed by atoms with Gasteiger partial charge in [-0.2, -0.15) is 0 Å². The van der Waals surface area contributed by atoms with E-state index in [2.05, 4.69) is 5.32 Å². The minimum absolute atomic E-state index is 0.236. The Labute approximate surface area is 113 Å². The van der Waals surface area contributed by atoms with Crippen LogP contribution in [-0.4, -0.2) is 53.8 Å². The highest BCUT2D eigenvalue weighted by Crippen LogP contribution is 2.29. The van der Waals surface area contributed by atoms with Crippen molar-refractivity contribution < 1.29 is 19.4 Å². The number of ether oxygens (including phenoxy) is 1. The molecule has 0 aromatic carbocycles. The van der Waals surface area contributed by atoms with E-state index in [-0.39, 0.29) is 18.2 Å². The highest BCUT2D eigenvalue weighted by Gasteiger charge is 2.32. The zero-order chi connectivity index (χ0) is 13.9. The van der Waals surface area contributed by atoms with Crippen molar-refractivity contribution in [3.63, 3.8) is 0 Å². The first-order valence-corrected chi connectivity index (χ1v) is 6.87. The van der Waals surface area contributed by atoms with Crippen molar-refractivity contribution >= 4 is 12.0 Å². The van der Waals surface area contributed by atoms with Crippen molar-refractivity contribution in [2.75, 3.05) is 26.2 Å². The summed E-state index contributed by atoms with van der Waals surface area (Å²) in [6.07, 6.45) is 4.11. The van der Waals surface area contributed by atoms with Crippen LogP contribution in [0.4, 0.5) is 4.79 Å². The largest absolute Gasteiger partial charge is 0.480 e. The van der Waals surface area contributed by atoms with Gasteiger partial charge in [0.15, 0.2) is 0 Å². The van der Waals surface area contributed by atoms with Crippen LogP contribution >= 0.6 is 0 Å². The summed E-state index contributed by atoms with van der Waals surface area (Å²) in [5.74, 6) is -0.498. The number of urea groups is 1. The molecule has 2 aliphatic rings. The second-order valence-corrected chi connectivity index (χ2v) is 5.78. The van der Waals surface area contributed by atoms with Gasteiger partial charge in [-0.1, -0.05) is 0 Å². The highest BCUT2D eigenvalue weighted by atomic mass is 16.5. The monoisotopic (exact) mass is 270 g/mol. The molecule has 1 heterocycles. The number of nitrogens with zero attached hydrogens (tertiary/aromatic N) is 1. The summed E-state index contributed by atoms with van der Waals surface area (Å²) in [5.41, 5.74) is -0.301. The Bertz CT molecular complexity index is 349. The van der Waals surface area contributed by atoms with Gasteiger partial charge < -0.3 is 20.1 Å². The summed E-state index contributed by atoms with van der Waals surface area (Å²) in [6, 6.07) is -0.300. The number of hydrogen-bond donors (Lipinski definition) is 2. The number of nitrogens with one attached hydrogen (secondary N) is 1. The average molecular weight is 270 g/mol. The predicted octanol–water partition coefficient (Wildman–Crippen LogP) is 1.06. The third kappa shape index (κ3) is 4.38. The molecule has 108 valence electrons. The number of carboxylic acids is 1. The molecule has 0 spiro atoms. The van der Waals surface area contributed by atoms with Gasteiger partial charge in [0.25, 0.3) is 0 Å². The molecule has 1 saturated heterocycles. The molecule has 1 aliphatic heterocycles. The van der Waals surface area contributed by atoms with Gasteiger partial charge in [0, 0.05) is 19.7 Å². The van der Waals surface area contributed by atoms with E-state index in [1.807, 2.05) is 6.92 Å². The van der Waals surface area contributed by atoms with Gasteiger partial charge in [-0.05, 0) is 38.5 Å². The van der Waals surface area contributed by atoms with E-state index in [0.29, 0.717) is 19.0 Å². The lowest BCUT2D eigenvalue weighted by molar-refractivity contribution is -0.137. The molecule has 2 rings (SSSR count). The molecule has 1 unspecified atom stereocenters. The van der Waals surface area contributed by atoms with Gasteiger partial charge in [0.2, 0.25) is 0 Å². The zero-order valence-corrected chi connectivity index (χ0v) is 11.4. The van der Waals surface area contributed by atoms with Crippen LogP contribution in [0.3, 0.4) is 0 Å². The molecule has 1 saturated carbocycles. The molecule has 0 aromatic rings. The van der Waals surface area contributed by atoms with Crippen LogP contribution in [0.5, 0.6) is 0 Å². The van der Waals surface area contributed by atoms with Gasteiger partial charge in [-0.25, -0.2) is 4.79 Å². The van der Waals surface area contributed by atoms with Crippen LogP contribution in [0.2, 0.25) is 0 Å². The minimum Gasteiger partial charge on any atom is -0.480 e. The van der Waals surface area contributed by atoms with Crippen molar-refractivity contribution in [3.8, 4) is 0 Å². The molecular weight excluding hydrogens is 248 g/mol. The lowest BCUT2D eigenvalue weighted by Gasteiger charge is -2.26. The molecule has 2 fully saturated rings. The number of hydrogen-bond acceptors (Lipinski definition) is 3. The second kappa shape index (κ2) is 5.77.